The summed E-state index contributed by atoms with van der Waals surface area (Å²) in [6.07, 6.45) is 2.97. The Morgan fingerprint density at radius 3 is 2.59 bits per heavy atom. The van der Waals surface area contributed by atoms with Gasteiger partial charge in [-0.3, -0.25) is 4.99 Å². The average Bonchev–Trinajstić information content (AvgIpc) is 2.50. The molecule has 0 fully saturated rings. The van der Waals surface area contributed by atoms with Crippen molar-refractivity contribution in [1.29, 1.82) is 0 Å². The molecular formula is C16H15F2N3O. The number of nitrogen functional groups attached to an aromatic ring is 1. The van der Waals surface area contributed by atoms with Gasteiger partial charge in [0.2, 0.25) is 0 Å². The molecule has 0 saturated carbocycles. The molecule has 4 N–H and O–H groups in total. The molecule has 0 saturated heterocycles. The smallest absolute Gasteiger partial charge is 0.162 e. The van der Waals surface area contributed by atoms with Gasteiger partial charge >= 0.3 is 0 Å². The minimum atomic E-state index is -0.992. The van der Waals surface area contributed by atoms with Crippen LogP contribution in [0.4, 0.5) is 20.2 Å². The van der Waals surface area contributed by atoms with Crippen LogP contribution in [0.15, 0.2) is 53.2 Å². The molecule has 0 aliphatic rings. The fourth-order valence-corrected chi connectivity index (χ4v) is 1.60. The van der Waals surface area contributed by atoms with Gasteiger partial charge in [0.15, 0.2) is 17.4 Å². The molecule has 0 aromatic heterocycles. The first-order valence-corrected chi connectivity index (χ1v) is 6.44. The van der Waals surface area contributed by atoms with E-state index in [-0.39, 0.29) is 5.75 Å². The van der Waals surface area contributed by atoms with Crippen molar-refractivity contribution in [2.75, 3.05) is 5.73 Å². The first-order valence-electron chi connectivity index (χ1n) is 6.44. The molecule has 2 aromatic carbocycles. The molecule has 0 aliphatic heterocycles. The lowest BCUT2D eigenvalue weighted by molar-refractivity contribution is 0.462. The van der Waals surface area contributed by atoms with Crippen LogP contribution in [-0.2, 0) is 0 Å². The highest BCUT2D eigenvalue weighted by molar-refractivity contribution is 5.81. The molecule has 0 radical (unpaired) electrons. The van der Waals surface area contributed by atoms with Crippen LogP contribution in [-0.4, -0.2) is 6.21 Å². The van der Waals surface area contributed by atoms with Crippen molar-refractivity contribution >= 4 is 17.6 Å². The maximum Gasteiger partial charge on any atom is 0.162 e. The highest BCUT2D eigenvalue weighted by Gasteiger charge is 2.08. The summed E-state index contributed by atoms with van der Waals surface area (Å²) in [5, 5.41) is 0. The van der Waals surface area contributed by atoms with Crippen LogP contribution in [0.1, 0.15) is 6.92 Å². The Hall–Kier alpha value is -2.89. The second-order valence-corrected chi connectivity index (χ2v) is 4.57. The quantitative estimate of drug-likeness (QED) is 0.664. The largest absolute Gasteiger partial charge is 0.455 e. The van der Waals surface area contributed by atoms with Crippen molar-refractivity contribution in [3.05, 3.63) is 59.8 Å². The Labute approximate surface area is 126 Å². The Kier molecular flexibility index (Phi) is 4.73. The van der Waals surface area contributed by atoms with E-state index in [2.05, 4.69) is 4.99 Å². The van der Waals surface area contributed by atoms with E-state index in [1.165, 1.54) is 12.3 Å². The van der Waals surface area contributed by atoms with Crippen LogP contribution >= 0.6 is 0 Å². The van der Waals surface area contributed by atoms with Crippen molar-refractivity contribution in [2.24, 2.45) is 10.7 Å². The lowest BCUT2D eigenvalue weighted by atomic mass is 10.2. The van der Waals surface area contributed by atoms with Crippen LogP contribution < -0.4 is 16.2 Å². The summed E-state index contributed by atoms with van der Waals surface area (Å²) in [4.78, 5) is 4.23. The van der Waals surface area contributed by atoms with Gasteiger partial charge in [0.1, 0.15) is 11.4 Å². The lowest BCUT2D eigenvalue weighted by Gasteiger charge is -2.09. The molecule has 0 spiro atoms. The van der Waals surface area contributed by atoms with E-state index in [0.717, 1.165) is 17.7 Å². The molecule has 4 nitrogen and oxygen atoms in total. The summed E-state index contributed by atoms with van der Waals surface area (Å²) in [5.41, 5.74) is 12.8. The van der Waals surface area contributed by atoms with E-state index in [4.69, 9.17) is 16.2 Å². The van der Waals surface area contributed by atoms with Gasteiger partial charge in [-0.05, 0) is 43.0 Å². The van der Waals surface area contributed by atoms with Crippen molar-refractivity contribution in [3.8, 4) is 11.5 Å². The zero-order valence-corrected chi connectivity index (χ0v) is 11.9. The maximum absolute atomic E-state index is 13.2. The first kappa shape index (κ1) is 15.5. The Morgan fingerprint density at radius 1 is 1.14 bits per heavy atom. The summed E-state index contributed by atoms with van der Waals surface area (Å²) in [6.45, 7) is 1.79. The van der Waals surface area contributed by atoms with Crippen LogP contribution in [0.5, 0.6) is 11.5 Å². The lowest BCUT2D eigenvalue weighted by Crippen LogP contribution is -1.91. The van der Waals surface area contributed by atoms with Gasteiger partial charge in [-0.25, -0.2) is 8.78 Å². The van der Waals surface area contributed by atoms with Gasteiger partial charge in [0, 0.05) is 24.0 Å². The summed E-state index contributed by atoms with van der Waals surface area (Å²) >= 11 is 0. The van der Waals surface area contributed by atoms with E-state index in [1.807, 2.05) is 0 Å². The summed E-state index contributed by atoms with van der Waals surface area (Å²) in [5.74, 6) is -1.46. The summed E-state index contributed by atoms with van der Waals surface area (Å²) in [7, 11) is 0. The van der Waals surface area contributed by atoms with Crippen LogP contribution in [0.2, 0.25) is 0 Å². The standard InChI is InChI=1S/C16H15F2N3O/c1-10(8-19)9-21-15-5-2-11(20)6-16(15)22-12-3-4-13(17)14(18)7-12/h2-9H,19-20H2,1H3/b10-8-,21-9?. The molecule has 6 heteroatoms. The maximum atomic E-state index is 13.2. The van der Waals surface area contributed by atoms with Crippen LogP contribution in [0.25, 0.3) is 0 Å². The summed E-state index contributed by atoms with van der Waals surface area (Å²) < 4.78 is 31.7. The molecule has 2 rings (SSSR count). The molecule has 114 valence electrons. The van der Waals surface area contributed by atoms with Gasteiger partial charge in [0.25, 0.3) is 0 Å². The third-order valence-electron chi connectivity index (χ3n) is 2.77. The third-order valence-corrected chi connectivity index (χ3v) is 2.77. The highest BCUT2D eigenvalue weighted by atomic mass is 19.2. The number of benzene rings is 2. The monoisotopic (exact) mass is 303 g/mol. The van der Waals surface area contributed by atoms with Gasteiger partial charge in [-0.2, -0.15) is 0 Å². The van der Waals surface area contributed by atoms with E-state index >= 15 is 0 Å². The number of ether oxygens (including phenoxy) is 1. The molecular weight excluding hydrogens is 288 g/mol. The molecule has 0 bridgehead atoms. The van der Waals surface area contributed by atoms with E-state index < -0.39 is 11.6 Å². The van der Waals surface area contributed by atoms with Crippen LogP contribution in [0.3, 0.4) is 0 Å². The van der Waals surface area contributed by atoms with Gasteiger partial charge in [0.05, 0.1) is 0 Å². The van der Waals surface area contributed by atoms with Gasteiger partial charge in [-0.15, -0.1) is 0 Å². The molecule has 2 aromatic rings. The average molecular weight is 303 g/mol. The summed E-state index contributed by atoms with van der Waals surface area (Å²) in [6, 6.07) is 8.13. The molecule has 0 aliphatic carbocycles. The number of allylic oxidation sites excluding steroid dienone is 1. The molecule has 0 unspecified atom stereocenters. The number of halogens is 2. The van der Waals surface area contributed by atoms with Crippen molar-refractivity contribution in [3.63, 3.8) is 0 Å². The van der Waals surface area contributed by atoms with Gasteiger partial charge in [-0.1, -0.05) is 0 Å². The van der Waals surface area contributed by atoms with Crippen LogP contribution in [0, 0.1) is 11.6 Å². The van der Waals surface area contributed by atoms with Crippen molar-refractivity contribution < 1.29 is 13.5 Å². The number of aliphatic imine (C=N–C) groups is 1. The fourth-order valence-electron chi connectivity index (χ4n) is 1.60. The second kappa shape index (κ2) is 6.71. The Morgan fingerprint density at radius 2 is 1.91 bits per heavy atom. The Bertz CT molecular complexity index is 742. The molecule has 0 amide bonds. The number of anilines is 1. The van der Waals surface area contributed by atoms with Crippen molar-refractivity contribution in [1.82, 2.24) is 0 Å². The second-order valence-electron chi connectivity index (χ2n) is 4.57. The van der Waals surface area contributed by atoms with E-state index in [9.17, 15) is 8.78 Å². The molecule has 0 heterocycles. The topological polar surface area (TPSA) is 73.6 Å². The predicted molar refractivity (Wildman–Crippen MR) is 83.4 cm³/mol. The SMILES string of the molecule is C/C(C=Nc1ccc(N)cc1Oc1ccc(F)c(F)c1)=C/N. The van der Waals surface area contributed by atoms with Crippen molar-refractivity contribution in [2.45, 2.75) is 6.92 Å². The minimum Gasteiger partial charge on any atom is -0.455 e. The highest BCUT2D eigenvalue weighted by Crippen LogP contribution is 2.34. The van der Waals surface area contributed by atoms with Gasteiger partial charge < -0.3 is 16.2 Å². The van der Waals surface area contributed by atoms with E-state index in [1.54, 1.807) is 31.3 Å². The minimum absolute atomic E-state index is 0.145. The Balaban J connectivity index is 2.34. The number of nitrogens with zero attached hydrogens (tertiary/aromatic N) is 1. The number of rotatable bonds is 4. The molecule has 22 heavy (non-hydrogen) atoms. The zero-order valence-electron chi connectivity index (χ0n) is 11.9. The fraction of sp³-hybridized carbons (Fsp3) is 0.0625. The van der Waals surface area contributed by atoms with E-state index in [0.29, 0.717) is 17.1 Å². The normalized spacial score (nSPS) is 11.9. The number of hydrogen-bond acceptors (Lipinski definition) is 4. The third kappa shape index (κ3) is 3.82. The first-order chi connectivity index (χ1) is 10.5. The zero-order chi connectivity index (χ0) is 16.1. The number of hydrogen-bond donors (Lipinski definition) is 2. The molecule has 0 atom stereocenters. The predicted octanol–water partition coefficient (Wildman–Crippen LogP) is 3.90. The number of nitrogens with two attached hydrogens (primary N) is 2.